The van der Waals surface area contributed by atoms with Gasteiger partial charge in [-0.25, -0.2) is 0 Å². The summed E-state index contributed by atoms with van der Waals surface area (Å²) >= 11 is 0. The first kappa shape index (κ1) is 12.4. The van der Waals surface area contributed by atoms with E-state index < -0.39 is 0 Å². The molecule has 0 bridgehead atoms. The van der Waals surface area contributed by atoms with Crippen molar-refractivity contribution in [3.05, 3.63) is 23.0 Å². The largest absolute Gasteiger partial charge is 0.348 e. The van der Waals surface area contributed by atoms with E-state index in [0.717, 1.165) is 18.5 Å². The molecular weight excluding hydrogens is 210 g/mol. The van der Waals surface area contributed by atoms with Crippen molar-refractivity contribution in [3.63, 3.8) is 0 Å². The van der Waals surface area contributed by atoms with Gasteiger partial charge in [-0.05, 0) is 31.2 Å². The topological polar surface area (TPSA) is 22.0 Å². The zero-order valence-electron chi connectivity index (χ0n) is 11.5. The van der Waals surface area contributed by atoms with Crippen LogP contribution in [0.5, 0.6) is 0 Å². The first-order chi connectivity index (χ1) is 7.94. The molecule has 0 N–H and O–H groups in total. The van der Waals surface area contributed by atoms with Crippen LogP contribution in [-0.2, 0) is 13.0 Å². The molecule has 0 radical (unpaired) electrons. The smallest absolute Gasteiger partial charge is 0.165 e. The molecule has 0 aromatic carbocycles. The Morgan fingerprint density at radius 2 is 2.06 bits per heavy atom. The molecule has 0 atom stereocenters. The molecular formula is C15H23NO. The van der Waals surface area contributed by atoms with Crippen molar-refractivity contribution >= 4 is 5.78 Å². The standard InChI is InChI=1S/C15H23NO/c1-5-6-7-16-11(2)8-12-13(16)9-15(3,4)10-14(12)17/h8H,5-7,9-10H2,1-4H3. The summed E-state index contributed by atoms with van der Waals surface area (Å²) in [6, 6.07) is 2.09. The molecule has 94 valence electrons. The van der Waals surface area contributed by atoms with Crippen molar-refractivity contribution in [2.75, 3.05) is 0 Å². The van der Waals surface area contributed by atoms with Crippen LogP contribution in [0.2, 0.25) is 0 Å². The predicted octanol–water partition coefficient (Wildman–Crippen LogP) is 3.75. The monoisotopic (exact) mass is 233 g/mol. The van der Waals surface area contributed by atoms with Gasteiger partial charge in [0.15, 0.2) is 5.78 Å². The summed E-state index contributed by atoms with van der Waals surface area (Å²) in [6.45, 7) is 9.77. The van der Waals surface area contributed by atoms with Crippen LogP contribution >= 0.6 is 0 Å². The number of unbranched alkanes of at least 4 members (excludes halogenated alkanes) is 1. The normalized spacial score (nSPS) is 18.2. The number of carbonyl (C=O) groups is 1. The molecule has 0 spiro atoms. The fourth-order valence-electron chi connectivity index (χ4n) is 2.83. The summed E-state index contributed by atoms with van der Waals surface area (Å²) in [5, 5.41) is 0. The number of nitrogens with zero attached hydrogens (tertiary/aromatic N) is 1. The van der Waals surface area contributed by atoms with Gasteiger partial charge < -0.3 is 4.57 Å². The number of carbonyl (C=O) groups excluding carboxylic acids is 1. The van der Waals surface area contributed by atoms with Crippen LogP contribution in [-0.4, -0.2) is 10.4 Å². The fraction of sp³-hybridized carbons (Fsp3) is 0.667. The average molecular weight is 233 g/mol. The third-order valence-electron chi connectivity index (χ3n) is 3.74. The van der Waals surface area contributed by atoms with Crippen molar-refractivity contribution in [2.45, 2.75) is 59.9 Å². The van der Waals surface area contributed by atoms with E-state index in [4.69, 9.17) is 0 Å². The van der Waals surface area contributed by atoms with Crippen molar-refractivity contribution in [2.24, 2.45) is 5.41 Å². The molecule has 1 aliphatic rings. The number of hydrogen-bond acceptors (Lipinski definition) is 1. The van der Waals surface area contributed by atoms with Gasteiger partial charge in [-0.3, -0.25) is 4.79 Å². The Hall–Kier alpha value is -1.05. The highest BCUT2D eigenvalue weighted by molar-refractivity contribution is 5.99. The van der Waals surface area contributed by atoms with Gasteiger partial charge >= 0.3 is 0 Å². The van der Waals surface area contributed by atoms with Crippen LogP contribution in [0.1, 0.15) is 61.8 Å². The number of aromatic nitrogens is 1. The molecule has 0 fully saturated rings. The molecule has 0 saturated heterocycles. The van der Waals surface area contributed by atoms with Gasteiger partial charge in [0.25, 0.3) is 0 Å². The number of hydrogen-bond donors (Lipinski definition) is 0. The van der Waals surface area contributed by atoms with E-state index in [-0.39, 0.29) is 5.41 Å². The number of Topliss-reactive ketones (excluding diaryl/α,β-unsaturated/α-hetero) is 1. The van der Waals surface area contributed by atoms with E-state index in [2.05, 4.69) is 38.3 Å². The summed E-state index contributed by atoms with van der Waals surface area (Å²) in [6.07, 6.45) is 4.11. The number of rotatable bonds is 3. The van der Waals surface area contributed by atoms with Crippen LogP contribution in [0.3, 0.4) is 0 Å². The Labute approximate surface area is 104 Å². The molecule has 0 amide bonds. The number of fused-ring (bicyclic) bond motifs is 1. The molecule has 1 aliphatic carbocycles. The average Bonchev–Trinajstić information content (AvgIpc) is 2.51. The molecule has 17 heavy (non-hydrogen) atoms. The highest BCUT2D eigenvalue weighted by Gasteiger charge is 2.33. The zero-order chi connectivity index (χ0) is 12.6. The SMILES string of the molecule is CCCCn1c(C)cc2c1CC(C)(C)CC2=O. The van der Waals surface area contributed by atoms with Crippen molar-refractivity contribution in [1.82, 2.24) is 4.57 Å². The lowest BCUT2D eigenvalue weighted by Crippen LogP contribution is -2.28. The molecule has 0 aliphatic heterocycles. The maximum Gasteiger partial charge on any atom is 0.165 e. The lowest BCUT2D eigenvalue weighted by molar-refractivity contribution is 0.0910. The van der Waals surface area contributed by atoms with Gasteiger partial charge in [-0.2, -0.15) is 0 Å². The summed E-state index contributed by atoms with van der Waals surface area (Å²) < 4.78 is 2.36. The lowest BCUT2D eigenvalue weighted by Gasteiger charge is -2.29. The third kappa shape index (κ3) is 2.31. The van der Waals surface area contributed by atoms with Crippen molar-refractivity contribution in [3.8, 4) is 0 Å². The summed E-state index contributed by atoms with van der Waals surface area (Å²) in [7, 11) is 0. The van der Waals surface area contributed by atoms with Crippen LogP contribution in [0, 0.1) is 12.3 Å². The minimum Gasteiger partial charge on any atom is -0.348 e. The van der Waals surface area contributed by atoms with Gasteiger partial charge in [0, 0.05) is 29.9 Å². The highest BCUT2D eigenvalue weighted by atomic mass is 16.1. The minimum atomic E-state index is 0.124. The predicted molar refractivity (Wildman–Crippen MR) is 70.5 cm³/mol. The third-order valence-corrected chi connectivity index (χ3v) is 3.74. The number of aryl methyl sites for hydroxylation is 1. The lowest BCUT2D eigenvalue weighted by atomic mass is 9.76. The molecule has 0 saturated carbocycles. The van der Waals surface area contributed by atoms with E-state index in [9.17, 15) is 4.79 Å². The van der Waals surface area contributed by atoms with Gasteiger partial charge in [-0.15, -0.1) is 0 Å². The van der Waals surface area contributed by atoms with Gasteiger partial charge in [-0.1, -0.05) is 27.2 Å². The second kappa shape index (κ2) is 4.32. The first-order valence-corrected chi connectivity index (χ1v) is 6.67. The second-order valence-electron chi connectivity index (χ2n) is 6.09. The highest BCUT2D eigenvalue weighted by Crippen LogP contribution is 2.36. The van der Waals surface area contributed by atoms with Crippen molar-refractivity contribution < 1.29 is 4.79 Å². The molecule has 1 heterocycles. The van der Waals surface area contributed by atoms with Crippen LogP contribution in [0.4, 0.5) is 0 Å². The molecule has 2 nitrogen and oxygen atoms in total. The Kier molecular flexibility index (Phi) is 3.15. The zero-order valence-corrected chi connectivity index (χ0v) is 11.5. The van der Waals surface area contributed by atoms with Crippen LogP contribution in [0.25, 0.3) is 0 Å². The molecule has 2 heteroatoms. The van der Waals surface area contributed by atoms with E-state index in [1.54, 1.807) is 0 Å². The van der Waals surface area contributed by atoms with E-state index >= 15 is 0 Å². The van der Waals surface area contributed by atoms with Gasteiger partial charge in [0.2, 0.25) is 0 Å². The summed E-state index contributed by atoms with van der Waals surface area (Å²) in [4.78, 5) is 12.1. The van der Waals surface area contributed by atoms with Gasteiger partial charge in [0.1, 0.15) is 0 Å². The van der Waals surface area contributed by atoms with Gasteiger partial charge in [0.05, 0.1) is 0 Å². The Morgan fingerprint density at radius 1 is 1.35 bits per heavy atom. The van der Waals surface area contributed by atoms with E-state index in [0.29, 0.717) is 12.2 Å². The van der Waals surface area contributed by atoms with E-state index in [1.165, 1.54) is 24.2 Å². The quantitative estimate of drug-likeness (QED) is 0.779. The molecule has 1 aromatic heterocycles. The van der Waals surface area contributed by atoms with Crippen LogP contribution in [0.15, 0.2) is 6.07 Å². The van der Waals surface area contributed by atoms with Crippen LogP contribution < -0.4 is 0 Å². The Morgan fingerprint density at radius 3 is 2.71 bits per heavy atom. The molecule has 2 rings (SSSR count). The summed E-state index contributed by atoms with van der Waals surface area (Å²) in [5.41, 5.74) is 3.63. The second-order valence-corrected chi connectivity index (χ2v) is 6.09. The molecule has 1 aromatic rings. The maximum atomic E-state index is 12.1. The maximum absolute atomic E-state index is 12.1. The Bertz CT molecular complexity index is 440. The summed E-state index contributed by atoms with van der Waals surface area (Å²) in [5.74, 6) is 0.328. The van der Waals surface area contributed by atoms with Crippen molar-refractivity contribution in [1.29, 1.82) is 0 Å². The molecule has 0 unspecified atom stereocenters. The minimum absolute atomic E-state index is 0.124. The Balaban J connectivity index is 2.40. The first-order valence-electron chi connectivity index (χ1n) is 6.67. The number of ketones is 1. The fourth-order valence-corrected chi connectivity index (χ4v) is 2.83. The van der Waals surface area contributed by atoms with E-state index in [1.807, 2.05) is 0 Å².